The Balaban J connectivity index is 2.59. The highest BCUT2D eigenvalue weighted by molar-refractivity contribution is 6.35. The van der Waals surface area contributed by atoms with Crippen molar-refractivity contribution in [3.8, 4) is 0 Å². The Morgan fingerprint density at radius 3 is 2.76 bits per heavy atom. The molecule has 1 heterocycles. The zero-order valence-corrected chi connectivity index (χ0v) is 11.4. The molecule has 0 aliphatic heterocycles. The van der Waals surface area contributed by atoms with Crippen LogP contribution in [0.5, 0.6) is 0 Å². The van der Waals surface area contributed by atoms with Crippen molar-refractivity contribution in [1.29, 1.82) is 0 Å². The molecule has 0 bridgehead atoms. The van der Waals surface area contributed by atoms with Gasteiger partial charge in [-0.05, 0) is 32.5 Å². The number of hydrogen-bond donors (Lipinski definition) is 1. The van der Waals surface area contributed by atoms with E-state index >= 15 is 0 Å². The number of nitrogens with one attached hydrogen (secondary N) is 1. The lowest BCUT2D eigenvalue weighted by Crippen LogP contribution is -2.16. The van der Waals surface area contributed by atoms with Gasteiger partial charge in [-0.15, -0.1) is 0 Å². The summed E-state index contributed by atoms with van der Waals surface area (Å²) in [6.45, 7) is 8.37. The van der Waals surface area contributed by atoms with Gasteiger partial charge in [0.25, 0.3) is 0 Å². The van der Waals surface area contributed by atoms with Crippen LogP contribution >= 0.6 is 11.6 Å². The minimum absolute atomic E-state index is 0.418. The standard InChI is InChI=1S/C14H19ClN2/c1-4-16-9-12-8-11-6-5-7-13(15)14(11)17(12)10(2)3/h5-8,10,16H,4,9H2,1-3H3. The molecule has 0 fully saturated rings. The first-order chi connectivity index (χ1) is 8.15. The van der Waals surface area contributed by atoms with Crippen molar-refractivity contribution >= 4 is 22.5 Å². The fourth-order valence-corrected chi connectivity index (χ4v) is 2.55. The number of fused-ring (bicyclic) bond motifs is 1. The van der Waals surface area contributed by atoms with Crippen molar-refractivity contribution in [2.24, 2.45) is 0 Å². The van der Waals surface area contributed by atoms with E-state index in [4.69, 9.17) is 11.6 Å². The van der Waals surface area contributed by atoms with Gasteiger partial charge in [0.05, 0.1) is 10.5 Å². The molecular weight excluding hydrogens is 232 g/mol. The van der Waals surface area contributed by atoms with E-state index in [1.54, 1.807) is 0 Å². The highest BCUT2D eigenvalue weighted by Gasteiger charge is 2.13. The van der Waals surface area contributed by atoms with E-state index in [0.29, 0.717) is 6.04 Å². The molecule has 17 heavy (non-hydrogen) atoms. The minimum Gasteiger partial charge on any atom is -0.340 e. The van der Waals surface area contributed by atoms with Crippen LogP contribution in [0.2, 0.25) is 5.02 Å². The number of rotatable bonds is 4. The van der Waals surface area contributed by atoms with E-state index in [1.165, 1.54) is 11.1 Å². The normalized spacial score (nSPS) is 11.6. The molecular formula is C14H19ClN2. The van der Waals surface area contributed by atoms with Gasteiger partial charge in [0.1, 0.15) is 0 Å². The monoisotopic (exact) mass is 250 g/mol. The van der Waals surface area contributed by atoms with Crippen LogP contribution in [0.15, 0.2) is 24.3 Å². The molecule has 2 nitrogen and oxygen atoms in total. The third kappa shape index (κ3) is 2.33. The fraction of sp³-hybridized carbons (Fsp3) is 0.429. The Morgan fingerprint density at radius 1 is 1.35 bits per heavy atom. The van der Waals surface area contributed by atoms with E-state index in [1.807, 2.05) is 12.1 Å². The van der Waals surface area contributed by atoms with Gasteiger partial charge in [-0.1, -0.05) is 30.7 Å². The summed E-state index contributed by atoms with van der Waals surface area (Å²) in [5.41, 5.74) is 2.45. The summed E-state index contributed by atoms with van der Waals surface area (Å²) in [6.07, 6.45) is 0. The maximum atomic E-state index is 6.31. The Kier molecular flexibility index (Phi) is 3.75. The van der Waals surface area contributed by atoms with Crippen LogP contribution in [0.3, 0.4) is 0 Å². The van der Waals surface area contributed by atoms with Crippen LogP contribution in [0, 0.1) is 0 Å². The first-order valence-electron chi connectivity index (χ1n) is 6.14. The van der Waals surface area contributed by atoms with Crippen LogP contribution in [0.25, 0.3) is 10.9 Å². The van der Waals surface area contributed by atoms with Gasteiger partial charge >= 0.3 is 0 Å². The first kappa shape index (κ1) is 12.5. The smallest absolute Gasteiger partial charge is 0.0674 e. The van der Waals surface area contributed by atoms with Crippen molar-refractivity contribution in [1.82, 2.24) is 9.88 Å². The molecule has 0 saturated heterocycles. The van der Waals surface area contributed by atoms with Gasteiger partial charge in [0, 0.05) is 23.7 Å². The van der Waals surface area contributed by atoms with Crippen LogP contribution < -0.4 is 5.32 Å². The summed E-state index contributed by atoms with van der Waals surface area (Å²) in [7, 11) is 0. The molecule has 0 aliphatic rings. The highest BCUT2D eigenvalue weighted by Crippen LogP contribution is 2.29. The maximum absolute atomic E-state index is 6.31. The zero-order chi connectivity index (χ0) is 12.4. The van der Waals surface area contributed by atoms with Gasteiger partial charge in [0.15, 0.2) is 0 Å². The Labute approximate surface area is 108 Å². The second-order valence-corrected chi connectivity index (χ2v) is 4.96. The van der Waals surface area contributed by atoms with E-state index in [2.05, 4.69) is 42.8 Å². The summed E-state index contributed by atoms with van der Waals surface area (Å²) in [5, 5.41) is 5.43. The molecule has 1 aromatic heterocycles. The number of aromatic nitrogens is 1. The number of nitrogens with zero attached hydrogens (tertiary/aromatic N) is 1. The highest BCUT2D eigenvalue weighted by atomic mass is 35.5. The lowest BCUT2D eigenvalue weighted by molar-refractivity contribution is 0.572. The third-order valence-electron chi connectivity index (χ3n) is 2.96. The lowest BCUT2D eigenvalue weighted by Gasteiger charge is -2.15. The Hall–Kier alpha value is -0.990. The van der Waals surface area contributed by atoms with Crippen molar-refractivity contribution in [3.05, 3.63) is 35.0 Å². The zero-order valence-electron chi connectivity index (χ0n) is 10.6. The summed E-state index contributed by atoms with van der Waals surface area (Å²) >= 11 is 6.31. The van der Waals surface area contributed by atoms with Crippen molar-refractivity contribution in [3.63, 3.8) is 0 Å². The number of hydrogen-bond acceptors (Lipinski definition) is 1. The molecule has 0 atom stereocenters. The van der Waals surface area contributed by atoms with Gasteiger partial charge in [-0.3, -0.25) is 0 Å². The molecule has 2 aromatic rings. The summed E-state index contributed by atoms with van der Waals surface area (Å²) in [5.74, 6) is 0. The average Bonchev–Trinajstić information content (AvgIpc) is 2.66. The second-order valence-electron chi connectivity index (χ2n) is 4.56. The fourth-order valence-electron chi connectivity index (χ4n) is 2.27. The number of halogens is 1. The van der Waals surface area contributed by atoms with Crippen LogP contribution in [0.1, 0.15) is 32.5 Å². The second kappa shape index (κ2) is 5.11. The quantitative estimate of drug-likeness (QED) is 0.869. The minimum atomic E-state index is 0.418. The molecule has 1 N–H and O–H groups in total. The third-order valence-corrected chi connectivity index (χ3v) is 3.27. The van der Waals surface area contributed by atoms with Gasteiger partial charge in [-0.25, -0.2) is 0 Å². The van der Waals surface area contributed by atoms with E-state index in [0.717, 1.165) is 23.6 Å². The molecule has 0 saturated carbocycles. The SMILES string of the molecule is CCNCc1cc2cccc(Cl)c2n1C(C)C. The molecule has 1 aromatic carbocycles. The topological polar surface area (TPSA) is 17.0 Å². The lowest BCUT2D eigenvalue weighted by atomic mass is 10.2. The van der Waals surface area contributed by atoms with Crippen LogP contribution in [-0.4, -0.2) is 11.1 Å². The van der Waals surface area contributed by atoms with Gasteiger partial charge in [-0.2, -0.15) is 0 Å². The summed E-state index contributed by atoms with van der Waals surface area (Å²) < 4.78 is 2.32. The molecule has 0 radical (unpaired) electrons. The van der Waals surface area contributed by atoms with Crippen molar-refractivity contribution in [2.45, 2.75) is 33.4 Å². The predicted molar refractivity (Wildman–Crippen MR) is 74.7 cm³/mol. The van der Waals surface area contributed by atoms with Gasteiger partial charge in [0.2, 0.25) is 0 Å². The van der Waals surface area contributed by atoms with Crippen molar-refractivity contribution in [2.75, 3.05) is 6.54 Å². The van der Waals surface area contributed by atoms with Crippen molar-refractivity contribution < 1.29 is 0 Å². The van der Waals surface area contributed by atoms with Crippen LogP contribution in [-0.2, 0) is 6.54 Å². The van der Waals surface area contributed by atoms with Gasteiger partial charge < -0.3 is 9.88 Å². The molecule has 92 valence electrons. The number of para-hydroxylation sites is 1. The maximum Gasteiger partial charge on any atom is 0.0674 e. The van der Waals surface area contributed by atoms with E-state index in [9.17, 15) is 0 Å². The summed E-state index contributed by atoms with van der Waals surface area (Å²) in [4.78, 5) is 0. The van der Waals surface area contributed by atoms with Crippen LogP contribution in [0.4, 0.5) is 0 Å². The molecule has 0 spiro atoms. The largest absolute Gasteiger partial charge is 0.340 e. The Morgan fingerprint density at radius 2 is 2.12 bits per heavy atom. The number of benzene rings is 1. The predicted octanol–water partition coefficient (Wildman–Crippen LogP) is 3.99. The molecule has 0 amide bonds. The molecule has 0 unspecified atom stereocenters. The Bertz CT molecular complexity index is 514. The first-order valence-corrected chi connectivity index (χ1v) is 6.52. The summed E-state index contributed by atoms with van der Waals surface area (Å²) in [6, 6.07) is 8.73. The van der Waals surface area contributed by atoms with E-state index < -0.39 is 0 Å². The van der Waals surface area contributed by atoms with E-state index in [-0.39, 0.29) is 0 Å². The molecule has 0 aliphatic carbocycles. The average molecular weight is 251 g/mol. The molecule has 2 rings (SSSR count). The molecule has 3 heteroatoms.